The molecule has 0 aliphatic carbocycles. The zero-order valence-electron chi connectivity index (χ0n) is 10.7. The number of benzene rings is 1. The molecular formula is C14H18ClNO2. The molecule has 1 aromatic carbocycles. The van der Waals surface area contributed by atoms with Gasteiger partial charge >= 0.3 is 0 Å². The zero-order valence-corrected chi connectivity index (χ0v) is 11.5. The van der Waals surface area contributed by atoms with Crippen molar-refractivity contribution in [3.05, 3.63) is 24.3 Å². The molecule has 1 heterocycles. The van der Waals surface area contributed by atoms with Crippen LogP contribution in [0.25, 0.3) is 0 Å². The lowest BCUT2D eigenvalue weighted by Gasteiger charge is -2.18. The van der Waals surface area contributed by atoms with Gasteiger partial charge in [0.15, 0.2) is 0 Å². The monoisotopic (exact) mass is 267 g/mol. The van der Waals surface area contributed by atoms with Gasteiger partial charge in [-0.05, 0) is 31.9 Å². The largest absolute Gasteiger partial charge is 0.491 e. The highest BCUT2D eigenvalue weighted by atomic mass is 35.5. The van der Waals surface area contributed by atoms with E-state index >= 15 is 0 Å². The Morgan fingerprint density at radius 3 is 2.89 bits per heavy atom. The minimum absolute atomic E-state index is 0.130. The number of ether oxygens (including phenoxy) is 1. The molecule has 0 radical (unpaired) electrons. The van der Waals surface area contributed by atoms with Gasteiger partial charge in [-0.2, -0.15) is 0 Å². The lowest BCUT2D eigenvalue weighted by atomic mass is 10.1. The fourth-order valence-corrected chi connectivity index (χ4v) is 2.34. The smallest absolute Gasteiger partial charge is 0.227 e. The molecule has 3 nitrogen and oxygen atoms in total. The maximum absolute atomic E-state index is 11.9. The third kappa shape index (κ3) is 2.96. The van der Waals surface area contributed by atoms with Crippen molar-refractivity contribution < 1.29 is 9.53 Å². The Hall–Kier alpha value is -1.22. The van der Waals surface area contributed by atoms with Gasteiger partial charge in [-0.25, -0.2) is 0 Å². The van der Waals surface area contributed by atoms with Gasteiger partial charge in [0.05, 0.1) is 6.10 Å². The molecule has 0 aromatic heterocycles. The highest BCUT2D eigenvalue weighted by Gasteiger charge is 2.30. The molecule has 1 aliphatic rings. The van der Waals surface area contributed by atoms with Gasteiger partial charge in [0, 0.05) is 30.6 Å². The summed E-state index contributed by atoms with van der Waals surface area (Å²) in [4.78, 5) is 13.7. The van der Waals surface area contributed by atoms with Crippen LogP contribution in [0.2, 0.25) is 0 Å². The Morgan fingerprint density at radius 2 is 2.28 bits per heavy atom. The first-order valence-electron chi connectivity index (χ1n) is 6.23. The van der Waals surface area contributed by atoms with Crippen LogP contribution in [0.4, 0.5) is 5.69 Å². The van der Waals surface area contributed by atoms with E-state index in [4.69, 9.17) is 16.3 Å². The maximum atomic E-state index is 11.9. The summed E-state index contributed by atoms with van der Waals surface area (Å²) in [6.45, 7) is 4.67. The lowest BCUT2D eigenvalue weighted by Crippen LogP contribution is -2.24. The number of halogens is 1. The summed E-state index contributed by atoms with van der Waals surface area (Å²) in [5.41, 5.74) is 0.894. The Bertz CT molecular complexity index is 434. The number of anilines is 1. The molecule has 2 rings (SSSR count). The molecule has 4 heteroatoms. The second-order valence-corrected chi connectivity index (χ2v) is 5.20. The number of hydrogen-bond donors (Lipinski definition) is 0. The first-order valence-corrected chi connectivity index (χ1v) is 6.76. The average Bonchev–Trinajstić information content (AvgIpc) is 2.70. The number of amides is 1. The first-order chi connectivity index (χ1) is 8.60. The van der Waals surface area contributed by atoms with Gasteiger partial charge in [-0.3, -0.25) is 4.79 Å². The molecule has 1 unspecified atom stereocenters. The minimum atomic E-state index is 0.130. The van der Waals surface area contributed by atoms with Crippen molar-refractivity contribution in [2.75, 3.05) is 17.3 Å². The molecule has 1 aliphatic heterocycles. The molecule has 98 valence electrons. The van der Waals surface area contributed by atoms with Gasteiger partial charge in [-0.1, -0.05) is 6.07 Å². The topological polar surface area (TPSA) is 29.5 Å². The minimum Gasteiger partial charge on any atom is -0.491 e. The van der Waals surface area contributed by atoms with Crippen LogP contribution >= 0.6 is 11.6 Å². The van der Waals surface area contributed by atoms with E-state index in [0.29, 0.717) is 18.8 Å². The lowest BCUT2D eigenvalue weighted by molar-refractivity contribution is -0.117. The van der Waals surface area contributed by atoms with Crippen LogP contribution in [0, 0.1) is 5.92 Å². The third-order valence-corrected chi connectivity index (χ3v) is 3.36. The Morgan fingerprint density at radius 1 is 1.50 bits per heavy atom. The molecule has 0 bridgehead atoms. The van der Waals surface area contributed by atoms with Crippen LogP contribution in [-0.2, 0) is 4.79 Å². The Kier molecular flexibility index (Phi) is 4.12. The van der Waals surface area contributed by atoms with Gasteiger partial charge in [0.25, 0.3) is 0 Å². The molecule has 0 spiro atoms. The predicted molar refractivity (Wildman–Crippen MR) is 73.4 cm³/mol. The SMILES string of the molecule is CC(C)Oc1cccc(N2CC(CCl)CC2=O)c1. The fraction of sp³-hybridized carbons (Fsp3) is 0.500. The van der Waals surface area contributed by atoms with E-state index in [0.717, 1.165) is 11.4 Å². The highest BCUT2D eigenvalue weighted by molar-refractivity contribution is 6.18. The molecule has 1 fully saturated rings. The van der Waals surface area contributed by atoms with E-state index in [2.05, 4.69) is 0 Å². The van der Waals surface area contributed by atoms with E-state index < -0.39 is 0 Å². The molecule has 1 atom stereocenters. The van der Waals surface area contributed by atoms with Crippen LogP contribution in [0.3, 0.4) is 0 Å². The van der Waals surface area contributed by atoms with E-state index in [1.165, 1.54) is 0 Å². The normalized spacial score (nSPS) is 19.7. The van der Waals surface area contributed by atoms with Crippen LogP contribution < -0.4 is 9.64 Å². The van der Waals surface area contributed by atoms with E-state index in [1.807, 2.05) is 38.1 Å². The molecule has 1 aromatic rings. The maximum Gasteiger partial charge on any atom is 0.227 e. The van der Waals surface area contributed by atoms with E-state index in [9.17, 15) is 4.79 Å². The van der Waals surface area contributed by atoms with Crippen molar-refractivity contribution in [1.29, 1.82) is 0 Å². The number of rotatable bonds is 4. The summed E-state index contributed by atoms with van der Waals surface area (Å²) in [5, 5.41) is 0. The summed E-state index contributed by atoms with van der Waals surface area (Å²) in [7, 11) is 0. The molecule has 1 saturated heterocycles. The molecule has 0 saturated carbocycles. The van der Waals surface area contributed by atoms with Gasteiger partial charge in [0.2, 0.25) is 5.91 Å². The molecule has 18 heavy (non-hydrogen) atoms. The van der Waals surface area contributed by atoms with Gasteiger partial charge < -0.3 is 9.64 Å². The van der Waals surface area contributed by atoms with Crippen molar-refractivity contribution in [2.24, 2.45) is 5.92 Å². The quantitative estimate of drug-likeness (QED) is 0.785. The number of carbonyl (C=O) groups excluding carboxylic acids is 1. The second kappa shape index (κ2) is 5.61. The van der Waals surface area contributed by atoms with Crippen LogP contribution in [0.15, 0.2) is 24.3 Å². The summed E-state index contributed by atoms with van der Waals surface area (Å²) in [5.74, 6) is 1.73. The third-order valence-electron chi connectivity index (χ3n) is 2.92. The zero-order chi connectivity index (χ0) is 13.1. The van der Waals surface area contributed by atoms with Crippen LogP contribution in [0.1, 0.15) is 20.3 Å². The summed E-state index contributed by atoms with van der Waals surface area (Å²) in [6, 6.07) is 7.66. The van der Waals surface area contributed by atoms with Crippen molar-refractivity contribution in [2.45, 2.75) is 26.4 Å². The molecule has 1 amide bonds. The number of alkyl halides is 1. The number of nitrogens with zero attached hydrogens (tertiary/aromatic N) is 1. The molecular weight excluding hydrogens is 250 g/mol. The Balaban J connectivity index is 2.16. The Labute approximate surface area is 113 Å². The molecule has 0 N–H and O–H groups in total. The summed E-state index contributed by atoms with van der Waals surface area (Å²) < 4.78 is 5.64. The van der Waals surface area contributed by atoms with Crippen molar-refractivity contribution in [3.63, 3.8) is 0 Å². The number of carbonyl (C=O) groups is 1. The van der Waals surface area contributed by atoms with Crippen LogP contribution in [0.5, 0.6) is 5.75 Å². The summed E-state index contributed by atoms with van der Waals surface area (Å²) >= 11 is 5.82. The highest BCUT2D eigenvalue weighted by Crippen LogP contribution is 2.28. The van der Waals surface area contributed by atoms with Crippen molar-refractivity contribution >= 4 is 23.2 Å². The van der Waals surface area contributed by atoms with E-state index in [-0.39, 0.29) is 17.9 Å². The summed E-state index contributed by atoms with van der Waals surface area (Å²) in [6.07, 6.45) is 0.670. The van der Waals surface area contributed by atoms with E-state index in [1.54, 1.807) is 4.90 Å². The van der Waals surface area contributed by atoms with Crippen LogP contribution in [-0.4, -0.2) is 24.4 Å². The average molecular weight is 268 g/mol. The van der Waals surface area contributed by atoms with Gasteiger partial charge in [-0.15, -0.1) is 11.6 Å². The van der Waals surface area contributed by atoms with Crippen molar-refractivity contribution in [3.8, 4) is 5.75 Å². The second-order valence-electron chi connectivity index (χ2n) is 4.89. The van der Waals surface area contributed by atoms with Crippen molar-refractivity contribution in [1.82, 2.24) is 0 Å². The van der Waals surface area contributed by atoms with Gasteiger partial charge in [0.1, 0.15) is 5.75 Å². The standard InChI is InChI=1S/C14H18ClNO2/c1-10(2)18-13-5-3-4-12(7-13)16-9-11(8-15)6-14(16)17/h3-5,7,10-11H,6,8-9H2,1-2H3. The number of hydrogen-bond acceptors (Lipinski definition) is 2. The fourth-order valence-electron chi connectivity index (χ4n) is 2.13. The first kappa shape index (κ1) is 13.2. The predicted octanol–water partition coefficient (Wildman–Crippen LogP) is 3.07.